The largest absolute Gasteiger partial charge is 0.325 e. The third-order valence-corrected chi connectivity index (χ3v) is 4.57. The Bertz CT molecular complexity index is 796. The van der Waals surface area contributed by atoms with Gasteiger partial charge in [-0.1, -0.05) is 41.4 Å². The normalized spacial score (nSPS) is 14.8. The average Bonchev–Trinajstić information content (AvgIpc) is 3.30. The Labute approximate surface area is 150 Å². The number of aryl methyl sites for hydroxylation is 1. The highest BCUT2D eigenvalue weighted by molar-refractivity contribution is 6.35. The van der Waals surface area contributed by atoms with Gasteiger partial charge in [-0.2, -0.15) is 0 Å². The smallest absolute Gasteiger partial charge is 0.240 e. The second kappa shape index (κ2) is 6.46. The van der Waals surface area contributed by atoms with Gasteiger partial charge in [-0.25, -0.2) is 0 Å². The molecule has 2 amide bonds. The van der Waals surface area contributed by atoms with E-state index in [1.54, 1.807) is 18.2 Å². The quantitative estimate of drug-likeness (QED) is 0.777. The highest BCUT2D eigenvalue weighted by atomic mass is 35.5. The van der Waals surface area contributed by atoms with Gasteiger partial charge >= 0.3 is 0 Å². The molecule has 0 saturated heterocycles. The molecule has 0 spiro atoms. The third-order valence-electron chi connectivity index (χ3n) is 4.13. The molecule has 0 atom stereocenters. The molecular formula is C18H16Cl2N2O2. The summed E-state index contributed by atoms with van der Waals surface area (Å²) in [6, 6.07) is 12.2. The molecule has 4 nitrogen and oxygen atoms in total. The molecule has 0 radical (unpaired) electrons. The Hall–Kier alpha value is -2.04. The van der Waals surface area contributed by atoms with Crippen molar-refractivity contribution in [3.8, 4) is 0 Å². The lowest BCUT2D eigenvalue weighted by Gasteiger charge is -2.16. The van der Waals surface area contributed by atoms with Crippen LogP contribution in [0.5, 0.6) is 0 Å². The van der Waals surface area contributed by atoms with Crippen molar-refractivity contribution in [3.05, 3.63) is 58.1 Å². The minimum Gasteiger partial charge on any atom is -0.325 e. The third kappa shape index (κ3) is 3.40. The van der Waals surface area contributed by atoms with Crippen LogP contribution in [0.4, 0.5) is 11.4 Å². The number of para-hydroxylation sites is 1. The first-order valence-corrected chi connectivity index (χ1v) is 8.31. The first kappa shape index (κ1) is 16.8. The standard InChI is InChI=1S/C18H16Cl2N2O2/c1-11-4-2-3-5-15(11)22-17(24)18(6-7-18)16(23)21-14-9-12(19)8-13(20)10-14/h2-5,8-10H,6-7H2,1H3,(H,21,23)(H,22,24). The maximum absolute atomic E-state index is 12.6. The van der Waals surface area contributed by atoms with E-state index in [1.165, 1.54) is 0 Å². The van der Waals surface area contributed by atoms with Crippen LogP contribution in [-0.4, -0.2) is 11.8 Å². The van der Waals surface area contributed by atoms with Crippen LogP contribution in [0.2, 0.25) is 10.0 Å². The minimum absolute atomic E-state index is 0.289. The molecule has 124 valence electrons. The molecule has 0 unspecified atom stereocenters. The number of rotatable bonds is 4. The van der Waals surface area contributed by atoms with Crippen LogP contribution >= 0.6 is 23.2 Å². The Morgan fingerprint density at radius 2 is 1.54 bits per heavy atom. The molecule has 1 saturated carbocycles. The van der Waals surface area contributed by atoms with Gasteiger partial charge in [0.15, 0.2) is 0 Å². The Morgan fingerprint density at radius 3 is 2.12 bits per heavy atom. The molecule has 0 aromatic heterocycles. The monoisotopic (exact) mass is 362 g/mol. The number of anilines is 2. The summed E-state index contributed by atoms with van der Waals surface area (Å²) in [5.74, 6) is -0.630. The van der Waals surface area contributed by atoms with Gasteiger partial charge in [0.1, 0.15) is 5.41 Å². The molecule has 0 bridgehead atoms. The van der Waals surface area contributed by atoms with Gasteiger partial charge in [0.25, 0.3) is 0 Å². The molecule has 24 heavy (non-hydrogen) atoms. The lowest BCUT2D eigenvalue weighted by atomic mass is 10.0. The van der Waals surface area contributed by atoms with E-state index < -0.39 is 5.41 Å². The van der Waals surface area contributed by atoms with E-state index in [0.29, 0.717) is 34.3 Å². The van der Waals surface area contributed by atoms with Crippen molar-refractivity contribution >= 4 is 46.4 Å². The minimum atomic E-state index is -1.03. The zero-order valence-electron chi connectivity index (χ0n) is 13.0. The topological polar surface area (TPSA) is 58.2 Å². The lowest BCUT2D eigenvalue weighted by Crippen LogP contribution is -2.35. The number of nitrogens with one attached hydrogen (secondary N) is 2. The van der Waals surface area contributed by atoms with Gasteiger partial charge in [0, 0.05) is 21.4 Å². The van der Waals surface area contributed by atoms with E-state index in [4.69, 9.17) is 23.2 Å². The summed E-state index contributed by atoms with van der Waals surface area (Å²) in [4.78, 5) is 25.2. The number of halogens is 2. The van der Waals surface area contributed by atoms with Crippen LogP contribution in [-0.2, 0) is 9.59 Å². The van der Waals surface area contributed by atoms with Crippen LogP contribution in [0.25, 0.3) is 0 Å². The number of carbonyl (C=O) groups excluding carboxylic acids is 2. The van der Waals surface area contributed by atoms with Gasteiger partial charge in [0.05, 0.1) is 0 Å². The van der Waals surface area contributed by atoms with Gasteiger partial charge in [0.2, 0.25) is 11.8 Å². The molecule has 2 aromatic rings. The van der Waals surface area contributed by atoms with Crippen molar-refractivity contribution in [3.63, 3.8) is 0 Å². The summed E-state index contributed by atoms with van der Waals surface area (Å²) in [6.07, 6.45) is 1.04. The summed E-state index contributed by atoms with van der Waals surface area (Å²) in [7, 11) is 0. The molecule has 0 aliphatic heterocycles. The van der Waals surface area contributed by atoms with E-state index in [0.717, 1.165) is 5.56 Å². The predicted molar refractivity (Wildman–Crippen MR) is 96.6 cm³/mol. The summed E-state index contributed by atoms with van der Waals surface area (Å²) in [6.45, 7) is 1.91. The van der Waals surface area contributed by atoms with E-state index in [2.05, 4.69) is 10.6 Å². The summed E-state index contributed by atoms with van der Waals surface area (Å²) < 4.78 is 0. The number of amides is 2. The summed E-state index contributed by atoms with van der Waals surface area (Å²) in [5.41, 5.74) is 1.11. The van der Waals surface area contributed by atoms with E-state index >= 15 is 0 Å². The predicted octanol–water partition coefficient (Wildman–Crippen LogP) is 4.66. The molecule has 1 fully saturated rings. The van der Waals surface area contributed by atoms with Crippen LogP contribution in [0, 0.1) is 12.3 Å². The van der Waals surface area contributed by atoms with Crippen LogP contribution in [0.3, 0.4) is 0 Å². The molecule has 2 aromatic carbocycles. The van der Waals surface area contributed by atoms with Crippen molar-refractivity contribution in [1.82, 2.24) is 0 Å². The van der Waals surface area contributed by atoms with E-state index in [9.17, 15) is 9.59 Å². The maximum Gasteiger partial charge on any atom is 0.240 e. The number of hydrogen-bond acceptors (Lipinski definition) is 2. The highest BCUT2D eigenvalue weighted by Gasteiger charge is 2.56. The fourth-order valence-corrected chi connectivity index (χ4v) is 3.04. The summed E-state index contributed by atoms with van der Waals surface area (Å²) >= 11 is 11.9. The van der Waals surface area contributed by atoms with Crippen LogP contribution < -0.4 is 10.6 Å². The van der Waals surface area contributed by atoms with Gasteiger partial charge < -0.3 is 10.6 Å². The molecule has 6 heteroatoms. The van der Waals surface area contributed by atoms with Crippen molar-refractivity contribution in [1.29, 1.82) is 0 Å². The molecule has 3 rings (SSSR count). The number of hydrogen-bond donors (Lipinski definition) is 2. The first-order chi connectivity index (χ1) is 11.4. The fraction of sp³-hybridized carbons (Fsp3) is 0.222. The molecule has 0 heterocycles. The Morgan fingerprint density at radius 1 is 0.958 bits per heavy atom. The zero-order chi connectivity index (χ0) is 17.3. The summed E-state index contributed by atoms with van der Waals surface area (Å²) in [5, 5.41) is 6.44. The maximum atomic E-state index is 12.6. The average molecular weight is 363 g/mol. The van der Waals surface area contributed by atoms with Crippen molar-refractivity contribution in [2.45, 2.75) is 19.8 Å². The van der Waals surface area contributed by atoms with Crippen molar-refractivity contribution < 1.29 is 9.59 Å². The fourth-order valence-electron chi connectivity index (χ4n) is 2.51. The SMILES string of the molecule is Cc1ccccc1NC(=O)C1(C(=O)Nc2cc(Cl)cc(Cl)c2)CC1. The Kier molecular flexibility index (Phi) is 4.52. The second-order valence-electron chi connectivity index (χ2n) is 5.96. The second-order valence-corrected chi connectivity index (χ2v) is 6.84. The van der Waals surface area contributed by atoms with E-state index in [1.807, 2.05) is 31.2 Å². The molecule has 2 N–H and O–H groups in total. The van der Waals surface area contributed by atoms with E-state index in [-0.39, 0.29) is 11.8 Å². The van der Waals surface area contributed by atoms with Gasteiger partial charge in [-0.05, 0) is 49.6 Å². The zero-order valence-corrected chi connectivity index (χ0v) is 14.5. The highest BCUT2D eigenvalue weighted by Crippen LogP contribution is 2.47. The number of benzene rings is 2. The molecule has 1 aliphatic carbocycles. The van der Waals surface area contributed by atoms with Crippen LogP contribution in [0.15, 0.2) is 42.5 Å². The van der Waals surface area contributed by atoms with Gasteiger partial charge in [-0.3, -0.25) is 9.59 Å². The van der Waals surface area contributed by atoms with Gasteiger partial charge in [-0.15, -0.1) is 0 Å². The van der Waals surface area contributed by atoms with Crippen LogP contribution in [0.1, 0.15) is 18.4 Å². The number of carbonyl (C=O) groups is 2. The first-order valence-electron chi connectivity index (χ1n) is 7.55. The molecule has 1 aliphatic rings. The molecular weight excluding hydrogens is 347 g/mol. The lowest BCUT2D eigenvalue weighted by molar-refractivity contribution is -0.131. The Balaban J connectivity index is 1.74. The van der Waals surface area contributed by atoms with Crippen molar-refractivity contribution in [2.24, 2.45) is 5.41 Å². The van der Waals surface area contributed by atoms with Crippen molar-refractivity contribution in [2.75, 3.05) is 10.6 Å².